The standard InChI is InChI=1S/C6H3Cl3FN/c7-6(8,9)4-1-5(10)3-11-2-4/h1-3H. The minimum Gasteiger partial charge on any atom is -0.261 e. The lowest BCUT2D eigenvalue weighted by Crippen LogP contribution is -2.00. The van der Waals surface area contributed by atoms with E-state index in [4.69, 9.17) is 34.8 Å². The van der Waals surface area contributed by atoms with Gasteiger partial charge in [0.2, 0.25) is 3.79 Å². The highest BCUT2D eigenvalue weighted by molar-refractivity contribution is 6.66. The van der Waals surface area contributed by atoms with Crippen molar-refractivity contribution in [3.63, 3.8) is 0 Å². The van der Waals surface area contributed by atoms with Crippen molar-refractivity contribution in [2.24, 2.45) is 0 Å². The molecular formula is C6H3Cl3FN. The number of aromatic nitrogens is 1. The second kappa shape index (κ2) is 3.13. The van der Waals surface area contributed by atoms with E-state index < -0.39 is 9.61 Å². The molecule has 0 fully saturated rings. The number of alkyl halides is 3. The van der Waals surface area contributed by atoms with Gasteiger partial charge < -0.3 is 0 Å². The smallest absolute Gasteiger partial charge is 0.217 e. The third kappa shape index (κ3) is 2.47. The quantitative estimate of drug-likeness (QED) is 0.605. The molecule has 11 heavy (non-hydrogen) atoms. The van der Waals surface area contributed by atoms with Crippen LogP contribution in [0.1, 0.15) is 5.56 Å². The van der Waals surface area contributed by atoms with Crippen LogP contribution in [-0.2, 0) is 3.79 Å². The molecule has 0 saturated carbocycles. The van der Waals surface area contributed by atoms with Gasteiger partial charge in [-0.05, 0) is 6.07 Å². The summed E-state index contributed by atoms with van der Waals surface area (Å²) in [6.45, 7) is 0. The summed E-state index contributed by atoms with van der Waals surface area (Å²) in [5.41, 5.74) is 0.225. The zero-order chi connectivity index (χ0) is 8.48. The van der Waals surface area contributed by atoms with E-state index >= 15 is 0 Å². The number of rotatable bonds is 0. The maximum Gasteiger partial charge on any atom is 0.217 e. The molecule has 0 saturated heterocycles. The van der Waals surface area contributed by atoms with E-state index in [2.05, 4.69) is 4.98 Å². The van der Waals surface area contributed by atoms with E-state index in [1.807, 2.05) is 0 Å². The Morgan fingerprint density at radius 2 is 1.91 bits per heavy atom. The lowest BCUT2D eigenvalue weighted by molar-refractivity contribution is 0.619. The van der Waals surface area contributed by atoms with Gasteiger partial charge in [0.15, 0.2) is 0 Å². The molecule has 1 heterocycles. The van der Waals surface area contributed by atoms with Gasteiger partial charge in [0.1, 0.15) is 5.82 Å². The largest absolute Gasteiger partial charge is 0.261 e. The fourth-order valence-corrected chi connectivity index (χ4v) is 0.877. The van der Waals surface area contributed by atoms with E-state index in [0.29, 0.717) is 0 Å². The van der Waals surface area contributed by atoms with E-state index in [9.17, 15) is 4.39 Å². The zero-order valence-corrected chi connectivity index (χ0v) is 7.46. The fourth-order valence-electron chi connectivity index (χ4n) is 0.567. The fraction of sp³-hybridized carbons (Fsp3) is 0.167. The second-order valence-electron chi connectivity index (χ2n) is 1.89. The predicted octanol–water partition coefficient (Wildman–Crippen LogP) is 3.05. The summed E-state index contributed by atoms with van der Waals surface area (Å²) < 4.78 is 10.9. The summed E-state index contributed by atoms with van der Waals surface area (Å²) >= 11 is 16.4. The zero-order valence-electron chi connectivity index (χ0n) is 5.19. The number of halogens is 4. The molecule has 0 atom stereocenters. The Labute approximate surface area is 78.1 Å². The Bertz CT molecular complexity index is 258. The molecule has 0 N–H and O–H groups in total. The SMILES string of the molecule is Fc1cncc(C(Cl)(Cl)Cl)c1. The molecule has 0 unspecified atom stereocenters. The van der Waals surface area contributed by atoms with Crippen LogP contribution in [0, 0.1) is 5.82 Å². The molecule has 1 nitrogen and oxygen atoms in total. The Morgan fingerprint density at radius 3 is 2.27 bits per heavy atom. The average molecular weight is 214 g/mol. The van der Waals surface area contributed by atoms with Gasteiger partial charge in [-0.3, -0.25) is 4.98 Å². The first-order valence-corrected chi connectivity index (χ1v) is 3.81. The maximum absolute atomic E-state index is 12.5. The average Bonchev–Trinajstić information content (AvgIpc) is 1.86. The lowest BCUT2D eigenvalue weighted by atomic mass is 10.3. The normalized spacial score (nSPS) is 11.6. The van der Waals surface area contributed by atoms with Crippen LogP contribution in [0.2, 0.25) is 0 Å². The van der Waals surface area contributed by atoms with Crippen molar-refractivity contribution in [1.82, 2.24) is 4.98 Å². The van der Waals surface area contributed by atoms with Crippen molar-refractivity contribution in [2.75, 3.05) is 0 Å². The molecule has 0 aliphatic carbocycles. The molecule has 0 spiro atoms. The number of pyridine rings is 1. The highest BCUT2D eigenvalue weighted by Crippen LogP contribution is 2.37. The molecule has 0 aliphatic heterocycles. The summed E-state index contributed by atoms with van der Waals surface area (Å²) in [6.07, 6.45) is 2.34. The summed E-state index contributed by atoms with van der Waals surface area (Å²) in [5, 5.41) is 0. The first-order valence-electron chi connectivity index (χ1n) is 2.68. The molecule has 0 radical (unpaired) electrons. The van der Waals surface area contributed by atoms with Gasteiger partial charge in [0.25, 0.3) is 0 Å². The van der Waals surface area contributed by atoms with Gasteiger partial charge in [-0.25, -0.2) is 4.39 Å². The molecule has 0 aromatic carbocycles. The van der Waals surface area contributed by atoms with Gasteiger partial charge >= 0.3 is 0 Å². The lowest BCUT2D eigenvalue weighted by Gasteiger charge is -2.09. The van der Waals surface area contributed by atoms with E-state index in [1.165, 1.54) is 6.20 Å². The molecule has 5 heteroatoms. The van der Waals surface area contributed by atoms with Gasteiger partial charge in [0.05, 0.1) is 6.20 Å². The highest BCUT2D eigenvalue weighted by Gasteiger charge is 2.23. The molecule has 0 bridgehead atoms. The predicted molar refractivity (Wildman–Crippen MR) is 43.4 cm³/mol. The van der Waals surface area contributed by atoms with Crippen LogP contribution in [0.15, 0.2) is 18.5 Å². The molecule has 1 rings (SSSR count). The molecule has 0 amide bonds. The number of hydrogen-bond acceptors (Lipinski definition) is 1. The summed E-state index contributed by atoms with van der Waals surface area (Å²) in [4.78, 5) is 3.52. The van der Waals surface area contributed by atoms with Gasteiger partial charge in [-0.2, -0.15) is 0 Å². The van der Waals surface area contributed by atoms with Crippen molar-refractivity contribution in [1.29, 1.82) is 0 Å². The minimum atomic E-state index is -1.60. The molecule has 60 valence electrons. The van der Waals surface area contributed by atoms with Crippen LogP contribution in [0.5, 0.6) is 0 Å². The number of hydrogen-bond donors (Lipinski definition) is 0. The first kappa shape index (κ1) is 9.04. The molecule has 0 aliphatic rings. The van der Waals surface area contributed by atoms with Crippen molar-refractivity contribution >= 4 is 34.8 Å². The van der Waals surface area contributed by atoms with Crippen LogP contribution >= 0.6 is 34.8 Å². The maximum atomic E-state index is 12.5. The Kier molecular flexibility index (Phi) is 2.58. The topological polar surface area (TPSA) is 12.9 Å². The minimum absolute atomic E-state index is 0.225. The van der Waals surface area contributed by atoms with E-state index in [0.717, 1.165) is 12.3 Å². The van der Waals surface area contributed by atoms with Gasteiger partial charge in [-0.1, -0.05) is 34.8 Å². The van der Waals surface area contributed by atoms with Crippen LogP contribution < -0.4 is 0 Å². The van der Waals surface area contributed by atoms with Crippen molar-refractivity contribution in [2.45, 2.75) is 3.79 Å². The van der Waals surface area contributed by atoms with Gasteiger partial charge in [-0.15, -0.1) is 0 Å². The Hall–Kier alpha value is -0.0500. The van der Waals surface area contributed by atoms with Crippen molar-refractivity contribution in [3.05, 3.63) is 29.8 Å². The summed E-state index contributed by atoms with van der Waals surface area (Å²) in [7, 11) is 0. The second-order valence-corrected chi connectivity index (χ2v) is 4.17. The summed E-state index contributed by atoms with van der Waals surface area (Å²) in [5.74, 6) is -0.520. The Balaban J connectivity index is 3.06. The third-order valence-corrected chi connectivity index (χ3v) is 1.69. The number of nitrogens with zero attached hydrogens (tertiary/aromatic N) is 1. The third-order valence-electron chi connectivity index (χ3n) is 1.03. The van der Waals surface area contributed by atoms with Crippen LogP contribution in [0.3, 0.4) is 0 Å². The van der Waals surface area contributed by atoms with E-state index in [1.54, 1.807) is 0 Å². The highest BCUT2D eigenvalue weighted by atomic mass is 35.6. The molecule has 1 aromatic heterocycles. The summed E-state index contributed by atoms with van der Waals surface area (Å²) in [6, 6.07) is 1.12. The van der Waals surface area contributed by atoms with E-state index in [-0.39, 0.29) is 5.56 Å². The van der Waals surface area contributed by atoms with Crippen LogP contribution in [0.4, 0.5) is 4.39 Å². The van der Waals surface area contributed by atoms with Crippen LogP contribution in [0.25, 0.3) is 0 Å². The van der Waals surface area contributed by atoms with Crippen molar-refractivity contribution < 1.29 is 4.39 Å². The van der Waals surface area contributed by atoms with Crippen molar-refractivity contribution in [3.8, 4) is 0 Å². The first-order chi connectivity index (χ1) is 5.00. The molecule has 1 aromatic rings. The van der Waals surface area contributed by atoms with Gasteiger partial charge in [0, 0.05) is 11.8 Å². The molecular weight excluding hydrogens is 211 g/mol. The monoisotopic (exact) mass is 213 g/mol. The van der Waals surface area contributed by atoms with Crippen LogP contribution in [-0.4, -0.2) is 4.98 Å². The Morgan fingerprint density at radius 1 is 1.27 bits per heavy atom.